The minimum atomic E-state index is 0.963. The van der Waals surface area contributed by atoms with Crippen LogP contribution >= 0.6 is 0 Å². The van der Waals surface area contributed by atoms with Crippen LogP contribution in [0.25, 0.3) is 0 Å². The van der Waals surface area contributed by atoms with Crippen LogP contribution in [0.15, 0.2) is 11.6 Å². The summed E-state index contributed by atoms with van der Waals surface area (Å²) in [6.45, 7) is 4.54. The van der Waals surface area contributed by atoms with Crippen molar-refractivity contribution in [2.75, 3.05) is 0 Å². The van der Waals surface area contributed by atoms with Crippen LogP contribution in [0, 0.1) is 5.92 Å². The first-order valence-corrected chi connectivity index (χ1v) is 5.57. The quantitative estimate of drug-likeness (QED) is 0.546. The lowest BCUT2D eigenvalue weighted by atomic mass is 9.93. The third-order valence-electron chi connectivity index (χ3n) is 2.88. The summed E-state index contributed by atoms with van der Waals surface area (Å²) in [5.74, 6) is 0.963. The lowest BCUT2D eigenvalue weighted by Crippen LogP contribution is -1.98. The van der Waals surface area contributed by atoms with Gasteiger partial charge in [0.05, 0.1) is 0 Å². The molecule has 0 heteroatoms. The van der Waals surface area contributed by atoms with Crippen LogP contribution in [0.3, 0.4) is 0 Å². The Hall–Kier alpha value is -0.260. The number of hydrogen-bond acceptors (Lipinski definition) is 0. The smallest absolute Gasteiger partial charge is 0.0203 e. The summed E-state index contributed by atoms with van der Waals surface area (Å²) in [5.41, 5.74) is 1.76. The van der Waals surface area contributed by atoms with Gasteiger partial charge in [0.2, 0.25) is 0 Å². The zero-order valence-electron chi connectivity index (χ0n) is 8.60. The number of rotatable bonds is 4. The Morgan fingerprint density at radius 3 is 2.42 bits per heavy atom. The van der Waals surface area contributed by atoms with Gasteiger partial charge < -0.3 is 0 Å². The maximum Gasteiger partial charge on any atom is -0.0203 e. The van der Waals surface area contributed by atoms with Gasteiger partial charge >= 0.3 is 0 Å². The van der Waals surface area contributed by atoms with E-state index in [1.807, 2.05) is 0 Å². The van der Waals surface area contributed by atoms with E-state index in [1.54, 1.807) is 5.57 Å². The van der Waals surface area contributed by atoms with Gasteiger partial charge in [-0.05, 0) is 31.6 Å². The van der Waals surface area contributed by atoms with Crippen molar-refractivity contribution < 1.29 is 0 Å². The molecule has 0 radical (unpaired) electrons. The van der Waals surface area contributed by atoms with E-state index >= 15 is 0 Å². The van der Waals surface area contributed by atoms with E-state index in [4.69, 9.17) is 0 Å². The van der Waals surface area contributed by atoms with Gasteiger partial charge in [0.15, 0.2) is 0 Å². The van der Waals surface area contributed by atoms with Gasteiger partial charge in [-0.2, -0.15) is 0 Å². The Labute approximate surface area is 77.1 Å². The monoisotopic (exact) mass is 166 g/mol. The summed E-state index contributed by atoms with van der Waals surface area (Å²) >= 11 is 0. The average molecular weight is 166 g/mol. The van der Waals surface area contributed by atoms with Gasteiger partial charge in [0.1, 0.15) is 0 Å². The maximum atomic E-state index is 2.47. The standard InChI is InChI=1S/C12H22/c1-3-7-11(8-4-2)12-9-5-6-10-12/h7,12H,3-6,8-10H2,1-2H3. The van der Waals surface area contributed by atoms with Crippen molar-refractivity contribution in [2.24, 2.45) is 5.92 Å². The second-order valence-electron chi connectivity index (χ2n) is 3.92. The SMILES string of the molecule is CCC=C(CCC)C1CCCC1. The molecule has 0 amide bonds. The molecule has 70 valence electrons. The molecule has 1 aliphatic carbocycles. The van der Waals surface area contributed by atoms with Crippen LogP contribution in [-0.4, -0.2) is 0 Å². The Balaban J connectivity index is 2.45. The van der Waals surface area contributed by atoms with E-state index in [2.05, 4.69) is 19.9 Å². The van der Waals surface area contributed by atoms with Crippen LogP contribution in [0.4, 0.5) is 0 Å². The fourth-order valence-corrected chi connectivity index (χ4v) is 2.32. The molecular weight excluding hydrogens is 144 g/mol. The molecule has 1 aliphatic rings. The molecule has 0 aliphatic heterocycles. The van der Waals surface area contributed by atoms with E-state index in [0.29, 0.717) is 0 Å². The summed E-state index contributed by atoms with van der Waals surface area (Å²) in [6.07, 6.45) is 12.2. The first-order chi connectivity index (χ1) is 5.88. The number of hydrogen-bond donors (Lipinski definition) is 0. The van der Waals surface area contributed by atoms with Gasteiger partial charge in [-0.15, -0.1) is 0 Å². The highest BCUT2D eigenvalue weighted by atomic mass is 14.2. The zero-order valence-corrected chi connectivity index (χ0v) is 8.60. The predicted molar refractivity (Wildman–Crippen MR) is 55.2 cm³/mol. The molecule has 12 heavy (non-hydrogen) atoms. The molecule has 0 aromatic carbocycles. The fraction of sp³-hybridized carbons (Fsp3) is 0.833. The molecule has 0 aromatic rings. The lowest BCUT2D eigenvalue weighted by Gasteiger charge is -2.13. The van der Waals surface area contributed by atoms with Gasteiger partial charge in [-0.3, -0.25) is 0 Å². The van der Waals surface area contributed by atoms with E-state index in [-0.39, 0.29) is 0 Å². The fourth-order valence-electron chi connectivity index (χ4n) is 2.32. The summed E-state index contributed by atoms with van der Waals surface area (Å²) in [7, 11) is 0. The molecule has 0 aromatic heterocycles. The molecule has 0 saturated heterocycles. The molecule has 0 spiro atoms. The second-order valence-corrected chi connectivity index (χ2v) is 3.92. The second kappa shape index (κ2) is 5.40. The highest BCUT2D eigenvalue weighted by Gasteiger charge is 2.17. The van der Waals surface area contributed by atoms with Crippen LogP contribution < -0.4 is 0 Å². The van der Waals surface area contributed by atoms with Crippen molar-refractivity contribution in [3.63, 3.8) is 0 Å². The molecule has 0 bridgehead atoms. The highest BCUT2D eigenvalue weighted by Crippen LogP contribution is 2.33. The summed E-state index contributed by atoms with van der Waals surface area (Å²) in [6, 6.07) is 0. The molecule has 0 N–H and O–H groups in total. The first-order valence-electron chi connectivity index (χ1n) is 5.57. The van der Waals surface area contributed by atoms with E-state index in [0.717, 1.165) is 5.92 Å². The van der Waals surface area contributed by atoms with Crippen molar-refractivity contribution >= 4 is 0 Å². The minimum absolute atomic E-state index is 0.963. The van der Waals surface area contributed by atoms with Crippen molar-refractivity contribution in [2.45, 2.75) is 58.8 Å². The van der Waals surface area contributed by atoms with Crippen molar-refractivity contribution in [1.29, 1.82) is 0 Å². The van der Waals surface area contributed by atoms with Crippen LogP contribution in [0.2, 0.25) is 0 Å². The Kier molecular flexibility index (Phi) is 4.42. The van der Waals surface area contributed by atoms with Gasteiger partial charge in [0, 0.05) is 0 Å². The normalized spacial score (nSPS) is 20.3. The highest BCUT2D eigenvalue weighted by molar-refractivity contribution is 5.07. The zero-order chi connectivity index (χ0) is 8.81. The molecule has 1 saturated carbocycles. The Morgan fingerprint density at radius 1 is 1.25 bits per heavy atom. The molecule has 0 nitrogen and oxygen atoms in total. The Morgan fingerprint density at radius 2 is 1.92 bits per heavy atom. The van der Waals surface area contributed by atoms with Gasteiger partial charge in [-0.25, -0.2) is 0 Å². The van der Waals surface area contributed by atoms with Crippen molar-refractivity contribution in [3.8, 4) is 0 Å². The molecule has 0 heterocycles. The number of allylic oxidation sites excluding steroid dienone is 2. The van der Waals surface area contributed by atoms with Crippen LogP contribution in [-0.2, 0) is 0 Å². The van der Waals surface area contributed by atoms with Crippen molar-refractivity contribution in [3.05, 3.63) is 11.6 Å². The van der Waals surface area contributed by atoms with Crippen LogP contribution in [0.5, 0.6) is 0 Å². The van der Waals surface area contributed by atoms with Crippen molar-refractivity contribution in [1.82, 2.24) is 0 Å². The molecule has 0 atom stereocenters. The van der Waals surface area contributed by atoms with E-state index in [1.165, 1.54) is 44.9 Å². The molecule has 1 rings (SSSR count). The molecule has 0 unspecified atom stereocenters. The summed E-state index contributed by atoms with van der Waals surface area (Å²) in [4.78, 5) is 0. The molecule has 1 fully saturated rings. The maximum absolute atomic E-state index is 2.47. The predicted octanol–water partition coefficient (Wildman–Crippen LogP) is 4.31. The third-order valence-corrected chi connectivity index (χ3v) is 2.88. The Bertz CT molecular complexity index is 138. The summed E-state index contributed by atoms with van der Waals surface area (Å²) < 4.78 is 0. The van der Waals surface area contributed by atoms with E-state index in [9.17, 15) is 0 Å². The van der Waals surface area contributed by atoms with Gasteiger partial charge in [-0.1, -0.05) is 44.8 Å². The third kappa shape index (κ3) is 2.66. The van der Waals surface area contributed by atoms with Crippen LogP contribution in [0.1, 0.15) is 58.8 Å². The topological polar surface area (TPSA) is 0 Å². The largest absolute Gasteiger partial charge is 0.0853 e. The molecular formula is C12H22. The first kappa shape index (κ1) is 9.83. The summed E-state index contributed by atoms with van der Waals surface area (Å²) in [5, 5.41) is 0. The van der Waals surface area contributed by atoms with Gasteiger partial charge in [0.25, 0.3) is 0 Å². The lowest BCUT2D eigenvalue weighted by molar-refractivity contribution is 0.603. The minimum Gasteiger partial charge on any atom is -0.0853 e. The van der Waals surface area contributed by atoms with E-state index < -0.39 is 0 Å². The average Bonchev–Trinajstić information content (AvgIpc) is 2.56.